The van der Waals surface area contributed by atoms with Crippen LogP contribution in [0.1, 0.15) is 18.5 Å². The van der Waals surface area contributed by atoms with Gasteiger partial charge in [0.2, 0.25) is 5.95 Å². The van der Waals surface area contributed by atoms with E-state index in [1.54, 1.807) is 0 Å². The van der Waals surface area contributed by atoms with Crippen LogP contribution < -0.4 is 15.4 Å². The van der Waals surface area contributed by atoms with E-state index in [-0.39, 0.29) is 23.5 Å². The summed E-state index contributed by atoms with van der Waals surface area (Å²) in [5.74, 6) is -0.920. The summed E-state index contributed by atoms with van der Waals surface area (Å²) in [5, 5.41) is 5.30. The summed E-state index contributed by atoms with van der Waals surface area (Å²) >= 11 is 0. The Labute approximate surface area is 143 Å². The number of nitrogens with zero attached hydrogens (tertiary/aromatic N) is 2. The molecule has 5 nitrogen and oxygen atoms in total. The molecule has 1 aromatic carbocycles. The summed E-state index contributed by atoms with van der Waals surface area (Å²) in [7, 11) is 0. The van der Waals surface area contributed by atoms with Crippen molar-refractivity contribution in [3.8, 4) is 5.75 Å². The highest BCUT2D eigenvalue weighted by atomic mass is 19.4. The Morgan fingerprint density at radius 3 is 2.35 bits per heavy atom. The Morgan fingerprint density at radius 2 is 1.73 bits per heavy atom. The van der Waals surface area contributed by atoms with Crippen molar-refractivity contribution in [1.29, 1.82) is 0 Å². The number of hydrogen-bond donors (Lipinski definition) is 2. The molecule has 0 radical (unpaired) electrons. The Morgan fingerprint density at radius 1 is 1.00 bits per heavy atom. The normalized spacial score (nSPS) is 14.8. The van der Waals surface area contributed by atoms with E-state index in [0.29, 0.717) is 6.07 Å². The van der Waals surface area contributed by atoms with Crippen molar-refractivity contribution in [2.24, 2.45) is 0 Å². The van der Waals surface area contributed by atoms with Crippen LogP contribution in [0.5, 0.6) is 5.75 Å². The molecule has 0 spiro atoms. The number of benzene rings is 1. The van der Waals surface area contributed by atoms with Crippen LogP contribution in [0.25, 0.3) is 0 Å². The maximum absolute atomic E-state index is 13.0. The summed E-state index contributed by atoms with van der Waals surface area (Å²) in [6, 6.07) is 5.40. The highest BCUT2D eigenvalue weighted by Crippen LogP contribution is 2.32. The first-order chi connectivity index (χ1) is 12.1. The molecule has 26 heavy (non-hydrogen) atoms. The van der Waals surface area contributed by atoms with Gasteiger partial charge in [-0.25, -0.2) is 4.98 Å². The van der Waals surface area contributed by atoms with Gasteiger partial charge in [-0.3, -0.25) is 0 Å². The average molecular weight is 378 g/mol. The second-order valence-corrected chi connectivity index (χ2v) is 5.58. The molecule has 1 heterocycles. The number of hydrogen-bond acceptors (Lipinski definition) is 5. The molecule has 0 atom stereocenters. The zero-order valence-electron chi connectivity index (χ0n) is 12.9. The third-order valence-electron chi connectivity index (χ3n) is 3.27. The van der Waals surface area contributed by atoms with Crippen LogP contribution in [0.3, 0.4) is 0 Å². The van der Waals surface area contributed by atoms with Gasteiger partial charge in [0.25, 0.3) is 0 Å². The standard InChI is InChI=1S/C15H12F6N4O/c16-14(17,18)11-7-12(25-13(24-11)23-8-4-5-8)22-9-2-1-3-10(6-9)26-15(19,20)21/h1-3,6-8H,4-5H2,(H2,22,23,24,25). The van der Waals surface area contributed by atoms with Crippen molar-refractivity contribution < 1.29 is 31.1 Å². The lowest BCUT2D eigenvalue weighted by atomic mass is 10.3. The Balaban J connectivity index is 1.85. The van der Waals surface area contributed by atoms with Gasteiger partial charge in [0.1, 0.15) is 11.6 Å². The zero-order chi connectivity index (χ0) is 18.9. The second-order valence-electron chi connectivity index (χ2n) is 5.58. The molecular weight excluding hydrogens is 366 g/mol. The van der Waals surface area contributed by atoms with Gasteiger partial charge >= 0.3 is 12.5 Å². The lowest BCUT2D eigenvalue weighted by Gasteiger charge is -2.13. The van der Waals surface area contributed by atoms with E-state index >= 15 is 0 Å². The molecule has 1 aromatic heterocycles. The van der Waals surface area contributed by atoms with Crippen molar-refractivity contribution in [3.05, 3.63) is 36.0 Å². The van der Waals surface area contributed by atoms with E-state index in [4.69, 9.17) is 0 Å². The Bertz CT molecular complexity index is 788. The van der Waals surface area contributed by atoms with Crippen molar-refractivity contribution in [3.63, 3.8) is 0 Å². The van der Waals surface area contributed by atoms with Gasteiger partial charge in [0.15, 0.2) is 5.69 Å². The van der Waals surface area contributed by atoms with Crippen LogP contribution in [0.4, 0.5) is 43.8 Å². The van der Waals surface area contributed by atoms with Crippen LogP contribution in [-0.2, 0) is 6.18 Å². The summed E-state index contributed by atoms with van der Waals surface area (Å²) < 4.78 is 79.6. The molecule has 140 valence electrons. The predicted molar refractivity (Wildman–Crippen MR) is 80.1 cm³/mol. The number of rotatable bonds is 5. The molecular formula is C15H12F6N4O. The maximum atomic E-state index is 13.0. The summed E-state index contributed by atoms with van der Waals surface area (Å²) in [4.78, 5) is 7.36. The van der Waals surface area contributed by atoms with Crippen LogP contribution >= 0.6 is 0 Å². The average Bonchev–Trinajstić information content (AvgIpc) is 3.28. The van der Waals surface area contributed by atoms with Crippen molar-refractivity contribution >= 4 is 17.5 Å². The number of nitrogens with one attached hydrogen (secondary N) is 2. The van der Waals surface area contributed by atoms with Gasteiger partial charge in [0, 0.05) is 23.9 Å². The largest absolute Gasteiger partial charge is 0.573 e. The molecule has 0 amide bonds. The molecule has 2 N–H and O–H groups in total. The monoisotopic (exact) mass is 378 g/mol. The van der Waals surface area contributed by atoms with E-state index in [0.717, 1.165) is 25.0 Å². The van der Waals surface area contributed by atoms with E-state index in [1.807, 2.05) is 0 Å². The molecule has 2 aromatic rings. The van der Waals surface area contributed by atoms with Gasteiger partial charge in [-0.1, -0.05) is 6.07 Å². The summed E-state index contributed by atoms with van der Waals surface area (Å²) in [5.41, 5.74) is -1.09. The minimum Gasteiger partial charge on any atom is -0.406 e. The molecule has 11 heteroatoms. The molecule has 1 aliphatic carbocycles. The minimum atomic E-state index is -4.88. The lowest BCUT2D eigenvalue weighted by Crippen LogP contribution is -2.17. The SMILES string of the molecule is FC(F)(F)Oc1cccc(Nc2cc(C(F)(F)F)nc(NC3CC3)n2)c1. The zero-order valence-corrected chi connectivity index (χ0v) is 12.9. The fraction of sp³-hybridized carbons (Fsp3) is 0.333. The molecule has 1 fully saturated rings. The summed E-state index contributed by atoms with van der Waals surface area (Å²) in [6.45, 7) is 0. The van der Waals surface area contributed by atoms with Crippen LogP contribution in [0.2, 0.25) is 0 Å². The first-order valence-corrected chi connectivity index (χ1v) is 7.44. The molecule has 1 saturated carbocycles. The Hall–Kier alpha value is -2.72. The smallest absolute Gasteiger partial charge is 0.406 e. The van der Waals surface area contributed by atoms with E-state index in [9.17, 15) is 26.3 Å². The van der Waals surface area contributed by atoms with Crippen molar-refractivity contribution in [2.75, 3.05) is 10.6 Å². The number of anilines is 3. The highest BCUT2D eigenvalue weighted by Gasteiger charge is 2.34. The van der Waals surface area contributed by atoms with Crippen molar-refractivity contribution in [2.45, 2.75) is 31.4 Å². The number of aromatic nitrogens is 2. The third-order valence-corrected chi connectivity index (χ3v) is 3.27. The van der Waals surface area contributed by atoms with Gasteiger partial charge in [-0.05, 0) is 25.0 Å². The molecule has 0 bridgehead atoms. The number of ether oxygens (including phenoxy) is 1. The van der Waals surface area contributed by atoms with Gasteiger partial charge in [0.05, 0.1) is 0 Å². The maximum Gasteiger partial charge on any atom is 0.573 e. The fourth-order valence-electron chi connectivity index (χ4n) is 2.05. The van der Waals surface area contributed by atoms with Crippen LogP contribution in [-0.4, -0.2) is 22.4 Å². The topological polar surface area (TPSA) is 59.1 Å². The van der Waals surface area contributed by atoms with Gasteiger partial charge in [-0.2, -0.15) is 18.2 Å². The fourth-order valence-corrected chi connectivity index (χ4v) is 2.05. The van der Waals surface area contributed by atoms with E-state index in [2.05, 4.69) is 25.3 Å². The van der Waals surface area contributed by atoms with Crippen molar-refractivity contribution in [1.82, 2.24) is 9.97 Å². The number of halogens is 6. The Kier molecular flexibility index (Phi) is 4.55. The summed E-state index contributed by atoms with van der Waals surface area (Å²) in [6.07, 6.45) is -7.96. The predicted octanol–water partition coefficient (Wildman–Crippen LogP) is 4.71. The highest BCUT2D eigenvalue weighted by molar-refractivity contribution is 5.59. The first kappa shape index (κ1) is 18.1. The van der Waals surface area contributed by atoms with Crippen LogP contribution in [0.15, 0.2) is 30.3 Å². The molecule has 0 aliphatic heterocycles. The molecule has 0 unspecified atom stereocenters. The van der Waals surface area contributed by atoms with Gasteiger partial charge in [-0.15, -0.1) is 13.2 Å². The van der Waals surface area contributed by atoms with E-state index < -0.39 is 24.0 Å². The van der Waals surface area contributed by atoms with Gasteiger partial charge < -0.3 is 15.4 Å². The van der Waals surface area contributed by atoms with Crippen LogP contribution in [0, 0.1) is 0 Å². The van der Waals surface area contributed by atoms with E-state index in [1.165, 1.54) is 12.1 Å². The third kappa shape index (κ3) is 5.14. The first-order valence-electron chi connectivity index (χ1n) is 7.44. The number of alkyl halides is 6. The second kappa shape index (κ2) is 6.54. The minimum absolute atomic E-state index is 0.0230. The molecule has 3 rings (SSSR count). The molecule has 0 saturated heterocycles. The lowest BCUT2D eigenvalue weighted by molar-refractivity contribution is -0.274. The quantitative estimate of drug-likeness (QED) is 0.738. The molecule has 1 aliphatic rings.